The summed E-state index contributed by atoms with van der Waals surface area (Å²) in [5, 5.41) is 10.1. The second-order valence-electron chi connectivity index (χ2n) is 6.95. The van der Waals surface area contributed by atoms with Crippen molar-refractivity contribution < 1.29 is 5.11 Å². The summed E-state index contributed by atoms with van der Waals surface area (Å²) in [5.74, 6) is 1.12. The van der Waals surface area contributed by atoms with Crippen LogP contribution in [0.15, 0.2) is 24.3 Å². The first kappa shape index (κ1) is 15.0. The Balaban J connectivity index is 1.82. The third-order valence-corrected chi connectivity index (χ3v) is 5.54. The molecule has 1 saturated heterocycles. The van der Waals surface area contributed by atoms with Crippen LogP contribution >= 0.6 is 0 Å². The summed E-state index contributed by atoms with van der Waals surface area (Å²) >= 11 is 0. The molecule has 2 aliphatic rings. The van der Waals surface area contributed by atoms with Crippen molar-refractivity contribution in [3.05, 3.63) is 35.4 Å². The number of aliphatic hydroxyl groups is 1. The highest BCUT2D eigenvalue weighted by Crippen LogP contribution is 2.42. The summed E-state index contributed by atoms with van der Waals surface area (Å²) in [7, 11) is 0. The molecule has 5 atom stereocenters. The van der Waals surface area contributed by atoms with E-state index in [2.05, 4.69) is 43.0 Å². The second-order valence-corrected chi connectivity index (χ2v) is 6.95. The summed E-state index contributed by atoms with van der Waals surface area (Å²) in [6.45, 7) is 6.37. The van der Waals surface area contributed by atoms with Crippen molar-refractivity contribution in [1.82, 2.24) is 4.90 Å². The molecule has 1 heterocycles. The zero-order valence-electron chi connectivity index (χ0n) is 13.2. The Labute approximate surface area is 128 Å². The molecule has 0 bridgehead atoms. The Morgan fingerprint density at radius 1 is 1.24 bits per heavy atom. The van der Waals surface area contributed by atoms with E-state index in [4.69, 9.17) is 5.73 Å². The first-order valence-corrected chi connectivity index (χ1v) is 8.34. The molecule has 1 aliphatic heterocycles. The van der Waals surface area contributed by atoms with E-state index in [1.807, 2.05) is 0 Å². The number of nitrogens with two attached hydrogens (primary N) is 1. The number of benzene rings is 1. The van der Waals surface area contributed by atoms with Gasteiger partial charge in [-0.1, -0.05) is 36.8 Å². The zero-order valence-corrected chi connectivity index (χ0v) is 13.2. The van der Waals surface area contributed by atoms with Crippen LogP contribution < -0.4 is 5.73 Å². The van der Waals surface area contributed by atoms with E-state index in [0.717, 1.165) is 25.9 Å². The first-order valence-electron chi connectivity index (χ1n) is 8.34. The van der Waals surface area contributed by atoms with Gasteiger partial charge in [0, 0.05) is 31.1 Å². The van der Waals surface area contributed by atoms with E-state index in [-0.39, 0.29) is 18.2 Å². The molecule has 3 rings (SSSR count). The molecule has 1 aromatic rings. The molecule has 0 radical (unpaired) electrons. The van der Waals surface area contributed by atoms with Crippen LogP contribution in [0.5, 0.6) is 0 Å². The molecular weight excluding hydrogens is 260 g/mol. The molecule has 1 saturated carbocycles. The van der Waals surface area contributed by atoms with E-state index in [1.165, 1.54) is 17.5 Å². The number of nitrogens with zero attached hydrogens (tertiary/aromatic N) is 1. The maximum atomic E-state index is 10.1. The number of likely N-dealkylation sites (tertiary alicyclic amines) is 1. The monoisotopic (exact) mass is 288 g/mol. The Bertz CT molecular complexity index is 473. The van der Waals surface area contributed by atoms with Gasteiger partial charge in [0.25, 0.3) is 0 Å². The number of fused-ring (bicyclic) bond motifs is 1. The largest absolute Gasteiger partial charge is 0.393 e. The van der Waals surface area contributed by atoms with Gasteiger partial charge in [-0.3, -0.25) is 4.90 Å². The summed E-state index contributed by atoms with van der Waals surface area (Å²) in [6.07, 6.45) is 3.03. The lowest BCUT2D eigenvalue weighted by atomic mass is 9.95. The summed E-state index contributed by atoms with van der Waals surface area (Å²) in [4.78, 5) is 2.52. The molecule has 0 aromatic heterocycles. The average Bonchev–Trinajstić information content (AvgIpc) is 3.04. The van der Waals surface area contributed by atoms with Gasteiger partial charge in [-0.2, -0.15) is 0 Å². The Kier molecular flexibility index (Phi) is 4.34. The average molecular weight is 288 g/mol. The van der Waals surface area contributed by atoms with Crippen molar-refractivity contribution in [1.29, 1.82) is 0 Å². The first-order chi connectivity index (χ1) is 10.1. The topological polar surface area (TPSA) is 49.5 Å². The molecule has 2 fully saturated rings. The fourth-order valence-electron chi connectivity index (χ4n) is 4.21. The van der Waals surface area contributed by atoms with Crippen LogP contribution in [0.25, 0.3) is 0 Å². The maximum Gasteiger partial charge on any atom is 0.0583 e. The molecule has 0 amide bonds. The smallest absolute Gasteiger partial charge is 0.0583 e. The second kappa shape index (κ2) is 6.07. The summed E-state index contributed by atoms with van der Waals surface area (Å²) < 4.78 is 0. The van der Waals surface area contributed by atoms with Gasteiger partial charge in [0.1, 0.15) is 0 Å². The molecule has 5 unspecified atom stereocenters. The number of hydrogen-bond acceptors (Lipinski definition) is 3. The molecule has 3 heteroatoms. The van der Waals surface area contributed by atoms with E-state index < -0.39 is 0 Å². The van der Waals surface area contributed by atoms with Crippen LogP contribution in [0.2, 0.25) is 0 Å². The van der Waals surface area contributed by atoms with Gasteiger partial charge in [0.2, 0.25) is 0 Å². The van der Waals surface area contributed by atoms with Gasteiger partial charge >= 0.3 is 0 Å². The number of aliphatic hydroxyl groups excluding tert-OH is 1. The predicted molar refractivity (Wildman–Crippen MR) is 86.0 cm³/mol. The van der Waals surface area contributed by atoms with Crippen LogP contribution in [0.1, 0.15) is 43.4 Å². The van der Waals surface area contributed by atoms with E-state index in [1.54, 1.807) is 0 Å². The van der Waals surface area contributed by atoms with Crippen LogP contribution in [-0.4, -0.2) is 35.2 Å². The van der Waals surface area contributed by atoms with E-state index >= 15 is 0 Å². The molecule has 116 valence electrons. The molecule has 3 nitrogen and oxygen atoms in total. The minimum absolute atomic E-state index is 0.100. The molecule has 21 heavy (non-hydrogen) atoms. The van der Waals surface area contributed by atoms with Crippen LogP contribution in [0, 0.1) is 18.8 Å². The van der Waals surface area contributed by atoms with Crippen molar-refractivity contribution in [2.75, 3.05) is 13.1 Å². The molecular formula is C18H28N2O. The fraction of sp³-hybridized carbons (Fsp3) is 0.667. The molecule has 1 aromatic carbocycles. The number of rotatable bonds is 4. The zero-order chi connectivity index (χ0) is 15.0. The van der Waals surface area contributed by atoms with Crippen molar-refractivity contribution in [2.24, 2.45) is 17.6 Å². The van der Waals surface area contributed by atoms with Crippen LogP contribution in [0.4, 0.5) is 0 Å². The lowest BCUT2D eigenvalue weighted by Crippen LogP contribution is -2.40. The number of aryl methyl sites for hydroxylation is 1. The van der Waals surface area contributed by atoms with Gasteiger partial charge in [-0.05, 0) is 37.7 Å². The lowest BCUT2D eigenvalue weighted by Gasteiger charge is -2.33. The highest BCUT2D eigenvalue weighted by atomic mass is 16.3. The maximum absolute atomic E-state index is 10.1. The fourth-order valence-corrected chi connectivity index (χ4v) is 4.21. The van der Waals surface area contributed by atoms with Gasteiger partial charge in [0.05, 0.1) is 6.10 Å². The van der Waals surface area contributed by atoms with Crippen molar-refractivity contribution in [3.63, 3.8) is 0 Å². The third-order valence-electron chi connectivity index (χ3n) is 5.54. The van der Waals surface area contributed by atoms with Crippen LogP contribution in [0.3, 0.4) is 0 Å². The highest BCUT2D eigenvalue weighted by molar-refractivity contribution is 5.26. The third kappa shape index (κ3) is 2.87. The standard InChI is InChI=1S/C18H28N2O/c1-3-16(19)18(13-6-4-12(2)5-7-13)20-10-14-8-9-17(21)15(14)11-20/h4-7,14-18,21H,3,8-11,19H2,1-2H3. The van der Waals surface area contributed by atoms with Gasteiger partial charge in [-0.25, -0.2) is 0 Å². The van der Waals surface area contributed by atoms with Crippen LogP contribution in [-0.2, 0) is 0 Å². The van der Waals surface area contributed by atoms with Gasteiger partial charge in [0.15, 0.2) is 0 Å². The lowest BCUT2D eigenvalue weighted by molar-refractivity contribution is 0.114. The Morgan fingerprint density at radius 2 is 1.95 bits per heavy atom. The summed E-state index contributed by atoms with van der Waals surface area (Å²) in [5.41, 5.74) is 9.06. The van der Waals surface area contributed by atoms with E-state index in [0.29, 0.717) is 11.8 Å². The van der Waals surface area contributed by atoms with Crippen molar-refractivity contribution in [3.8, 4) is 0 Å². The Hall–Kier alpha value is -0.900. The molecule has 0 spiro atoms. The Morgan fingerprint density at radius 3 is 2.57 bits per heavy atom. The SMILES string of the molecule is CCC(N)C(c1ccc(C)cc1)N1CC2CCC(O)C2C1. The number of hydrogen-bond donors (Lipinski definition) is 2. The summed E-state index contributed by atoms with van der Waals surface area (Å²) in [6, 6.07) is 9.24. The minimum Gasteiger partial charge on any atom is -0.393 e. The van der Waals surface area contributed by atoms with Gasteiger partial charge < -0.3 is 10.8 Å². The highest BCUT2D eigenvalue weighted by Gasteiger charge is 2.44. The molecule has 3 N–H and O–H groups in total. The molecule has 1 aliphatic carbocycles. The van der Waals surface area contributed by atoms with Gasteiger partial charge in [-0.15, -0.1) is 0 Å². The predicted octanol–water partition coefficient (Wildman–Crippen LogP) is 2.48. The quantitative estimate of drug-likeness (QED) is 0.895. The van der Waals surface area contributed by atoms with Crippen molar-refractivity contribution >= 4 is 0 Å². The van der Waals surface area contributed by atoms with Crippen molar-refractivity contribution in [2.45, 2.75) is 51.3 Å². The van der Waals surface area contributed by atoms with E-state index in [9.17, 15) is 5.11 Å². The minimum atomic E-state index is -0.100. The normalized spacial score (nSPS) is 32.1.